The number of rotatable bonds is 9. The maximum Gasteiger partial charge on any atom is 0.264 e. The molecular formula is C29H34N2O4S. The maximum absolute atomic E-state index is 13.8. The van der Waals surface area contributed by atoms with Gasteiger partial charge in [-0.15, -0.1) is 0 Å². The minimum atomic E-state index is -3.99. The number of hydrogen-bond acceptors (Lipinski definition) is 4. The lowest BCUT2D eigenvalue weighted by atomic mass is 9.90. The van der Waals surface area contributed by atoms with E-state index in [0.717, 1.165) is 24.8 Å². The Morgan fingerprint density at radius 2 is 1.58 bits per heavy atom. The molecule has 0 N–H and O–H groups in total. The molecule has 0 aliphatic carbocycles. The van der Waals surface area contributed by atoms with Crippen molar-refractivity contribution >= 4 is 21.6 Å². The van der Waals surface area contributed by atoms with Crippen LogP contribution in [0.3, 0.4) is 0 Å². The number of nitrogens with zero attached hydrogens (tertiary/aromatic N) is 2. The van der Waals surface area contributed by atoms with Crippen LogP contribution in [-0.2, 0) is 21.2 Å². The number of carbonyl (C=O) groups excluding carboxylic acids is 1. The lowest BCUT2D eigenvalue weighted by molar-refractivity contribution is -0.130. The van der Waals surface area contributed by atoms with E-state index in [1.54, 1.807) is 53.4 Å². The average Bonchev–Trinajstić information content (AvgIpc) is 2.89. The quantitative estimate of drug-likeness (QED) is 0.406. The Bertz CT molecular complexity index is 1250. The number of sulfonamides is 1. The van der Waals surface area contributed by atoms with E-state index >= 15 is 0 Å². The fourth-order valence-electron chi connectivity index (χ4n) is 4.63. The molecule has 7 heteroatoms. The number of benzene rings is 3. The summed E-state index contributed by atoms with van der Waals surface area (Å²) in [5.74, 6) is 0.753. The van der Waals surface area contributed by atoms with E-state index < -0.39 is 10.0 Å². The zero-order valence-corrected chi connectivity index (χ0v) is 21.8. The molecular weight excluding hydrogens is 472 g/mol. The Hall–Kier alpha value is -3.32. The summed E-state index contributed by atoms with van der Waals surface area (Å²) >= 11 is 0. The number of anilines is 1. The molecule has 190 valence electrons. The molecule has 3 aromatic rings. The average molecular weight is 507 g/mol. The van der Waals surface area contributed by atoms with Gasteiger partial charge in [0.2, 0.25) is 5.91 Å². The van der Waals surface area contributed by atoms with Gasteiger partial charge >= 0.3 is 0 Å². The molecule has 0 saturated carbocycles. The second-order valence-electron chi connectivity index (χ2n) is 9.24. The summed E-state index contributed by atoms with van der Waals surface area (Å²) in [6, 6.07) is 24.1. The molecule has 3 aromatic carbocycles. The van der Waals surface area contributed by atoms with E-state index in [0.29, 0.717) is 37.1 Å². The number of hydrogen-bond donors (Lipinski definition) is 0. The molecule has 1 aliphatic heterocycles. The van der Waals surface area contributed by atoms with Gasteiger partial charge in [-0.25, -0.2) is 8.42 Å². The molecule has 36 heavy (non-hydrogen) atoms. The molecule has 1 amide bonds. The van der Waals surface area contributed by atoms with E-state index in [2.05, 4.69) is 24.3 Å². The third kappa shape index (κ3) is 6.08. The molecule has 0 bridgehead atoms. The number of aryl methyl sites for hydroxylation is 1. The Balaban J connectivity index is 1.54. The first kappa shape index (κ1) is 25.8. The third-order valence-electron chi connectivity index (χ3n) is 6.66. The van der Waals surface area contributed by atoms with Gasteiger partial charge in [-0.1, -0.05) is 60.2 Å². The summed E-state index contributed by atoms with van der Waals surface area (Å²) in [5.41, 5.74) is 2.64. The lowest BCUT2D eigenvalue weighted by Crippen LogP contribution is -2.46. The third-order valence-corrected chi connectivity index (χ3v) is 8.43. The molecule has 1 heterocycles. The fraction of sp³-hybridized carbons (Fsp3) is 0.345. The lowest BCUT2D eigenvalue weighted by Gasteiger charge is -2.34. The van der Waals surface area contributed by atoms with Gasteiger partial charge in [0.1, 0.15) is 12.3 Å². The molecule has 0 radical (unpaired) electrons. The minimum absolute atomic E-state index is 0.147. The second kappa shape index (κ2) is 11.6. The van der Waals surface area contributed by atoms with Crippen molar-refractivity contribution in [2.75, 3.05) is 30.5 Å². The molecule has 0 spiro atoms. The highest BCUT2D eigenvalue weighted by atomic mass is 32.2. The van der Waals surface area contributed by atoms with Crippen molar-refractivity contribution < 1.29 is 17.9 Å². The molecule has 1 aliphatic rings. The van der Waals surface area contributed by atoms with Crippen LogP contribution in [0.5, 0.6) is 5.75 Å². The first-order chi connectivity index (χ1) is 17.4. The van der Waals surface area contributed by atoms with Crippen molar-refractivity contribution in [1.82, 2.24) is 4.90 Å². The number of ether oxygens (including phenoxy) is 1. The van der Waals surface area contributed by atoms with E-state index in [4.69, 9.17) is 4.74 Å². The van der Waals surface area contributed by atoms with Crippen LogP contribution in [-0.4, -0.2) is 45.5 Å². The van der Waals surface area contributed by atoms with Gasteiger partial charge < -0.3 is 9.64 Å². The molecule has 1 saturated heterocycles. The molecule has 6 nitrogen and oxygen atoms in total. The van der Waals surface area contributed by atoms with Crippen LogP contribution in [0.25, 0.3) is 0 Å². The van der Waals surface area contributed by atoms with Crippen LogP contribution in [0.2, 0.25) is 0 Å². The molecule has 0 aromatic heterocycles. The maximum atomic E-state index is 13.8. The Labute approximate surface area is 214 Å². The Morgan fingerprint density at radius 3 is 2.25 bits per heavy atom. The first-order valence-electron chi connectivity index (χ1n) is 12.5. The molecule has 1 fully saturated rings. The molecule has 0 unspecified atom stereocenters. The molecule has 4 rings (SSSR count). The number of amides is 1. The van der Waals surface area contributed by atoms with Crippen LogP contribution in [0.1, 0.15) is 30.9 Å². The van der Waals surface area contributed by atoms with Gasteiger partial charge in [0, 0.05) is 13.1 Å². The summed E-state index contributed by atoms with van der Waals surface area (Å²) in [7, 11) is -3.99. The summed E-state index contributed by atoms with van der Waals surface area (Å²) in [6.07, 6.45) is 2.81. The zero-order valence-electron chi connectivity index (χ0n) is 21.0. The van der Waals surface area contributed by atoms with Crippen molar-refractivity contribution in [3.05, 3.63) is 90.0 Å². The normalized spacial score (nSPS) is 14.4. The smallest absolute Gasteiger partial charge is 0.264 e. The predicted octanol–water partition coefficient (Wildman–Crippen LogP) is 5.07. The number of piperidine rings is 1. The Kier molecular flexibility index (Phi) is 8.31. The van der Waals surface area contributed by atoms with E-state index in [1.165, 1.54) is 9.87 Å². The van der Waals surface area contributed by atoms with Crippen LogP contribution < -0.4 is 9.04 Å². The van der Waals surface area contributed by atoms with E-state index in [9.17, 15) is 13.2 Å². The van der Waals surface area contributed by atoms with Crippen molar-refractivity contribution in [3.8, 4) is 5.75 Å². The Morgan fingerprint density at radius 1 is 0.944 bits per heavy atom. The predicted molar refractivity (Wildman–Crippen MR) is 143 cm³/mol. The largest absolute Gasteiger partial charge is 0.492 e. The summed E-state index contributed by atoms with van der Waals surface area (Å²) < 4.78 is 34.5. The number of carbonyl (C=O) groups is 1. The molecule has 0 atom stereocenters. The fourth-order valence-corrected chi connectivity index (χ4v) is 6.06. The number of likely N-dealkylation sites (tertiary alicyclic amines) is 1. The second-order valence-corrected chi connectivity index (χ2v) is 11.1. The monoisotopic (exact) mass is 506 g/mol. The topological polar surface area (TPSA) is 66.9 Å². The summed E-state index contributed by atoms with van der Waals surface area (Å²) in [4.78, 5) is 15.4. The van der Waals surface area contributed by atoms with Gasteiger partial charge in [-0.3, -0.25) is 9.10 Å². The SMILES string of the molecule is CCOc1ccccc1N(CC(=O)N1CCC(Cc2ccccc2)CC1)S(=O)(=O)c1ccc(C)cc1. The van der Waals surface area contributed by atoms with Gasteiger partial charge in [-0.05, 0) is 68.9 Å². The van der Waals surface area contributed by atoms with Crippen molar-refractivity contribution in [2.45, 2.75) is 38.0 Å². The van der Waals surface area contributed by atoms with Crippen molar-refractivity contribution in [3.63, 3.8) is 0 Å². The van der Waals surface area contributed by atoms with Crippen molar-refractivity contribution in [2.24, 2.45) is 5.92 Å². The van der Waals surface area contributed by atoms with Crippen LogP contribution in [0, 0.1) is 12.8 Å². The standard InChI is InChI=1S/C29H34N2O4S/c1-3-35-28-12-8-7-11-27(28)31(36(33,34)26-15-13-23(2)14-16-26)22-29(32)30-19-17-25(18-20-30)21-24-9-5-4-6-10-24/h4-16,25H,3,17-22H2,1-2H3. The minimum Gasteiger partial charge on any atom is -0.492 e. The highest BCUT2D eigenvalue weighted by Gasteiger charge is 2.32. The van der Waals surface area contributed by atoms with Crippen molar-refractivity contribution in [1.29, 1.82) is 0 Å². The van der Waals surface area contributed by atoms with Crippen LogP contribution >= 0.6 is 0 Å². The zero-order chi connectivity index (χ0) is 25.5. The van der Waals surface area contributed by atoms with E-state index in [-0.39, 0.29) is 17.3 Å². The van der Waals surface area contributed by atoms with Gasteiger partial charge in [0.15, 0.2) is 0 Å². The summed E-state index contributed by atoms with van der Waals surface area (Å²) in [5, 5.41) is 0. The first-order valence-corrected chi connectivity index (χ1v) is 14.0. The number of para-hydroxylation sites is 2. The highest BCUT2D eigenvalue weighted by molar-refractivity contribution is 7.92. The van der Waals surface area contributed by atoms with Gasteiger partial charge in [0.05, 0.1) is 17.2 Å². The highest BCUT2D eigenvalue weighted by Crippen LogP contribution is 2.33. The summed E-state index contributed by atoms with van der Waals surface area (Å²) in [6.45, 7) is 5.12. The van der Waals surface area contributed by atoms with Gasteiger partial charge in [-0.2, -0.15) is 0 Å². The van der Waals surface area contributed by atoms with Crippen LogP contribution in [0.4, 0.5) is 5.69 Å². The van der Waals surface area contributed by atoms with Crippen LogP contribution in [0.15, 0.2) is 83.8 Å². The van der Waals surface area contributed by atoms with Gasteiger partial charge in [0.25, 0.3) is 10.0 Å². The van der Waals surface area contributed by atoms with E-state index in [1.807, 2.05) is 19.9 Å².